The predicted octanol–water partition coefficient (Wildman–Crippen LogP) is 5.55. The van der Waals surface area contributed by atoms with Crippen molar-refractivity contribution in [2.75, 3.05) is 0 Å². The maximum Gasteiger partial charge on any atom is 0.309 e. The van der Waals surface area contributed by atoms with Crippen LogP contribution < -0.4 is 0 Å². The molecule has 1 N–H and O–H groups in total. The minimum absolute atomic E-state index is 0.378. The molecule has 0 unspecified atom stereocenters. The van der Waals surface area contributed by atoms with Crippen molar-refractivity contribution in [3.05, 3.63) is 34.9 Å². The van der Waals surface area contributed by atoms with E-state index in [-0.39, 0.29) is 5.41 Å². The molecule has 128 valence electrons. The van der Waals surface area contributed by atoms with E-state index in [4.69, 9.17) is 0 Å². The summed E-state index contributed by atoms with van der Waals surface area (Å²) in [6, 6.07) is 6.76. The van der Waals surface area contributed by atoms with Crippen molar-refractivity contribution in [2.45, 2.75) is 79.1 Å². The molecule has 2 nitrogen and oxygen atoms in total. The first-order valence-electron chi connectivity index (χ1n) is 9.04. The molecular formula is C21H32O2. The van der Waals surface area contributed by atoms with Gasteiger partial charge in [0.2, 0.25) is 0 Å². The Balaban J connectivity index is 1.91. The molecule has 0 aromatic heterocycles. The summed E-state index contributed by atoms with van der Waals surface area (Å²) in [6.45, 7) is 9.04. The Morgan fingerprint density at radius 2 is 1.78 bits per heavy atom. The maximum absolute atomic E-state index is 11.3. The van der Waals surface area contributed by atoms with Gasteiger partial charge in [-0.3, -0.25) is 4.79 Å². The average molecular weight is 316 g/mol. The predicted molar refractivity (Wildman–Crippen MR) is 95.8 cm³/mol. The van der Waals surface area contributed by atoms with Crippen LogP contribution in [-0.4, -0.2) is 11.1 Å². The van der Waals surface area contributed by atoms with Crippen LogP contribution in [0.3, 0.4) is 0 Å². The molecular weight excluding hydrogens is 284 g/mol. The lowest BCUT2D eigenvalue weighted by Gasteiger charge is -2.18. The quantitative estimate of drug-likeness (QED) is 0.682. The number of rotatable bonds is 8. The summed E-state index contributed by atoms with van der Waals surface area (Å²) >= 11 is 0. The third-order valence-electron chi connectivity index (χ3n) is 5.14. The molecule has 1 aromatic rings. The van der Waals surface area contributed by atoms with Gasteiger partial charge in [-0.25, -0.2) is 0 Å². The lowest BCUT2D eigenvalue weighted by molar-refractivity contribution is -0.143. The van der Waals surface area contributed by atoms with Crippen LogP contribution in [0.15, 0.2) is 18.2 Å². The molecule has 2 rings (SSSR count). The van der Waals surface area contributed by atoms with Gasteiger partial charge in [0.1, 0.15) is 0 Å². The molecule has 0 amide bonds. The van der Waals surface area contributed by atoms with Crippen LogP contribution in [-0.2, 0) is 17.6 Å². The molecule has 0 radical (unpaired) electrons. The third-order valence-corrected chi connectivity index (χ3v) is 5.14. The van der Waals surface area contributed by atoms with E-state index in [1.165, 1.54) is 29.5 Å². The van der Waals surface area contributed by atoms with E-state index in [2.05, 4.69) is 45.9 Å². The Kier molecular flexibility index (Phi) is 5.54. The molecule has 0 heterocycles. The molecule has 1 fully saturated rings. The molecule has 2 heteroatoms. The van der Waals surface area contributed by atoms with Gasteiger partial charge in [-0.2, -0.15) is 0 Å². The van der Waals surface area contributed by atoms with Crippen LogP contribution in [0.4, 0.5) is 0 Å². The third kappa shape index (κ3) is 5.37. The average Bonchev–Trinajstić information content (AvgIpc) is 3.21. The van der Waals surface area contributed by atoms with Gasteiger partial charge < -0.3 is 5.11 Å². The van der Waals surface area contributed by atoms with Crippen LogP contribution in [0.2, 0.25) is 0 Å². The van der Waals surface area contributed by atoms with Crippen LogP contribution in [0.1, 0.15) is 76.0 Å². The van der Waals surface area contributed by atoms with Crippen molar-refractivity contribution < 1.29 is 9.90 Å². The summed E-state index contributed by atoms with van der Waals surface area (Å²) in [5.41, 5.74) is 4.23. The molecule has 1 aliphatic carbocycles. The highest BCUT2D eigenvalue weighted by molar-refractivity contribution is 5.77. The van der Waals surface area contributed by atoms with Crippen molar-refractivity contribution in [3.63, 3.8) is 0 Å². The van der Waals surface area contributed by atoms with Gasteiger partial charge in [-0.1, -0.05) is 44.5 Å². The van der Waals surface area contributed by atoms with E-state index < -0.39 is 5.97 Å². The zero-order valence-electron chi connectivity index (χ0n) is 15.2. The number of carboxylic acid groups (broad SMARTS) is 1. The number of aliphatic carboxylic acids is 1. The number of hydrogen-bond acceptors (Lipinski definition) is 1. The number of benzene rings is 1. The van der Waals surface area contributed by atoms with Gasteiger partial charge in [-0.15, -0.1) is 0 Å². The van der Waals surface area contributed by atoms with Gasteiger partial charge >= 0.3 is 5.97 Å². The Labute approximate surface area is 141 Å². The number of hydrogen-bond donors (Lipinski definition) is 1. The van der Waals surface area contributed by atoms with Crippen LogP contribution in [0, 0.1) is 17.8 Å². The second-order valence-electron chi connectivity index (χ2n) is 8.63. The standard InChI is InChI=1S/C21H32O2/c1-16-9-10-17(7-6-12-21(13-14-21)19(22)23)18(15-16)8-5-11-20(2,3)4/h9-10,15H,5-8,11-14H2,1-4H3,(H,22,23). The summed E-state index contributed by atoms with van der Waals surface area (Å²) in [5.74, 6) is -0.591. The summed E-state index contributed by atoms with van der Waals surface area (Å²) in [4.78, 5) is 11.3. The fourth-order valence-electron chi connectivity index (χ4n) is 3.38. The Morgan fingerprint density at radius 1 is 1.13 bits per heavy atom. The molecule has 1 aromatic carbocycles. The van der Waals surface area contributed by atoms with Crippen molar-refractivity contribution in [2.24, 2.45) is 10.8 Å². The van der Waals surface area contributed by atoms with Crippen LogP contribution >= 0.6 is 0 Å². The van der Waals surface area contributed by atoms with E-state index in [1.807, 2.05) is 0 Å². The molecule has 1 aliphatic rings. The first-order chi connectivity index (χ1) is 10.7. The Bertz CT molecular complexity index is 547. The fourth-order valence-corrected chi connectivity index (χ4v) is 3.38. The Hall–Kier alpha value is -1.31. The molecule has 0 aliphatic heterocycles. The molecule has 0 spiro atoms. The number of aryl methyl sites for hydroxylation is 3. The highest BCUT2D eigenvalue weighted by Gasteiger charge is 2.49. The first kappa shape index (κ1) is 18.0. The molecule has 0 saturated heterocycles. The van der Waals surface area contributed by atoms with Gasteiger partial charge in [-0.05, 0) is 74.8 Å². The largest absolute Gasteiger partial charge is 0.481 e. The van der Waals surface area contributed by atoms with E-state index >= 15 is 0 Å². The topological polar surface area (TPSA) is 37.3 Å². The normalized spacial score (nSPS) is 16.3. The Morgan fingerprint density at radius 3 is 2.35 bits per heavy atom. The molecule has 0 atom stereocenters. The molecule has 0 bridgehead atoms. The van der Waals surface area contributed by atoms with Gasteiger partial charge in [0.15, 0.2) is 0 Å². The fraction of sp³-hybridized carbons (Fsp3) is 0.667. The smallest absolute Gasteiger partial charge is 0.309 e. The van der Waals surface area contributed by atoms with Crippen molar-refractivity contribution in [3.8, 4) is 0 Å². The summed E-state index contributed by atoms with van der Waals surface area (Å²) in [6.07, 6.45) is 8.17. The minimum atomic E-state index is -0.591. The van der Waals surface area contributed by atoms with Crippen LogP contribution in [0.5, 0.6) is 0 Å². The SMILES string of the molecule is Cc1ccc(CCCC2(C(=O)O)CC2)c(CCCC(C)(C)C)c1. The van der Waals surface area contributed by atoms with Gasteiger partial charge in [0, 0.05) is 0 Å². The minimum Gasteiger partial charge on any atom is -0.481 e. The lowest BCUT2D eigenvalue weighted by Crippen LogP contribution is -2.14. The maximum atomic E-state index is 11.3. The molecule has 23 heavy (non-hydrogen) atoms. The molecule has 1 saturated carbocycles. The summed E-state index contributed by atoms with van der Waals surface area (Å²) in [5, 5.41) is 9.28. The van der Waals surface area contributed by atoms with E-state index in [0.29, 0.717) is 5.41 Å². The zero-order chi connectivity index (χ0) is 17.1. The van der Waals surface area contributed by atoms with Gasteiger partial charge in [0.05, 0.1) is 5.41 Å². The van der Waals surface area contributed by atoms with Gasteiger partial charge in [0.25, 0.3) is 0 Å². The second-order valence-corrected chi connectivity index (χ2v) is 8.63. The first-order valence-corrected chi connectivity index (χ1v) is 9.04. The van der Waals surface area contributed by atoms with E-state index in [0.717, 1.165) is 38.5 Å². The zero-order valence-corrected chi connectivity index (χ0v) is 15.2. The van der Waals surface area contributed by atoms with Crippen molar-refractivity contribution in [1.82, 2.24) is 0 Å². The van der Waals surface area contributed by atoms with E-state index in [1.54, 1.807) is 0 Å². The summed E-state index contributed by atoms with van der Waals surface area (Å²) in [7, 11) is 0. The summed E-state index contributed by atoms with van der Waals surface area (Å²) < 4.78 is 0. The van der Waals surface area contributed by atoms with Crippen molar-refractivity contribution >= 4 is 5.97 Å². The number of carbonyl (C=O) groups is 1. The van der Waals surface area contributed by atoms with E-state index in [9.17, 15) is 9.90 Å². The van der Waals surface area contributed by atoms with Crippen molar-refractivity contribution in [1.29, 1.82) is 0 Å². The highest BCUT2D eigenvalue weighted by Crippen LogP contribution is 2.50. The lowest BCUT2D eigenvalue weighted by atomic mass is 9.87. The number of carboxylic acids is 1. The van der Waals surface area contributed by atoms with Crippen LogP contribution in [0.25, 0.3) is 0 Å². The highest BCUT2D eigenvalue weighted by atomic mass is 16.4. The monoisotopic (exact) mass is 316 g/mol. The second kappa shape index (κ2) is 7.07.